The van der Waals surface area contributed by atoms with Gasteiger partial charge in [0.05, 0.1) is 6.61 Å². The van der Waals surface area contributed by atoms with Gasteiger partial charge < -0.3 is 15.4 Å². The maximum atomic E-state index is 5.61. The van der Waals surface area contributed by atoms with Gasteiger partial charge in [0.15, 0.2) is 0 Å². The van der Waals surface area contributed by atoms with Gasteiger partial charge in [-0.25, -0.2) is 0 Å². The van der Waals surface area contributed by atoms with Crippen molar-refractivity contribution in [2.24, 2.45) is 5.73 Å². The van der Waals surface area contributed by atoms with E-state index < -0.39 is 0 Å². The van der Waals surface area contributed by atoms with Gasteiger partial charge in [-0.15, -0.1) is 0 Å². The lowest BCUT2D eigenvalue weighted by Gasteiger charge is -2.22. The van der Waals surface area contributed by atoms with Gasteiger partial charge in [-0.05, 0) is 30.7 Å². The average Bonchev–Trinajstić information content (AvgIpc) is 2.28. The van der Waals surface area contributed by atoms with Crippen molar-refractivity contribution in [3.63, 3.8) is 0 Å². The lowest BCUT2D eigenvalue weighted by Crippen LogP contribution is -2.23. The Morgan fingerprint density at radius 3 is 2.81 bits per heavy atom. The number of anilines is 1. The molecule has 1 rings (SSSR count). The summed E-state index contributed by atoms with van der Waals surface area (Å²) in [5.41, 5.74) is 8.11. The van der Waals surface area contributed by atoms with E-state index in [1.165, 1.54) is 11.3 Å². The minimum atomic E-state index is 0.673. The van der Waals surface area contributed by atoms with Crippen LogP contribution in [0.1, 0.15) is 5.56 Å². The number of nitrogens with two attached hydrogens (primary N) is 1. The first-order valence-electron chi connectivity index (χ1n) is 5.37. The van der Waals surface area contributed by atoms with Gasteiger partial charge in [0.2, 0.25) is 0 Å². The first-order chi connectivity index (χ1) is 7.69. The minimum absolute atomic E-state index is 0.673. The molecule has 0 unspecified atom stereocenters. The summed E-state index contributed by atoms with van der Waals surface area (Å²) in [6, 6.07) is 6.30. The van der Waals surface area contributed by atoms with E-state index >= 15 is 0 Å². The van der Waals surface area contributed by atoms with Crippen molar-refractivity contribution in [1.82, 2.24) is 0 Å². The Labute approximate surface area is 106 Å². The van der Waals surface area contributed by atoms with E-state index in [0.717, 1.165) is 24.0 Å². The van der Waals surface area contributed by atoms with E-state index in [2.05, 4.69) is 46.1 Å². The quantitative estimate of drug-likeness (QED) is 0.870. The van der Waals surface area contributed by atoms with Crippen molar-refractivity contribution in [3.8, 4) is 0 Å². The van der Waals surface area contributed by atoms with Crippen molar-refractivity contribution in [3.05, 3.63) is 28.2 Å². The van der Waals surface area contributed by atoms with Crippen molar-refractivity contribution in [1.29, 1.82) is 0 Å². The summed E-state index contributed by atoms with van der Waals surface area (Å²) in [4.78, 5) is 2.19. The summed E-state index contributed by atoms with van der Waals surface area (Å²) in [5.74, 6) is 0. The number of rotatable bonds is 6. The van der Waals surface area contributed by atoms with Crippen LogP contribution in [0.5, 0.6) is 0 Å². The third-order valence-corrected chi connectivity index (χ3v) is 3.00. The molecular weight excluding hydrogens is 268 g/mol. The smallest absolute Gasteiger partial charge is 0.0637 e. The molecule has 1 aromatic rings. The van der Waals surface area contributed by atoms with Crippen molar-refractivity contribution in [2.75, 3.05) is 38.8 Å². The third-order valence-electron chi connectivity index (χ3n) is 2.50. The summed E-state index contributed by atoms with van der Waals surface area (Å²) in [5, 5.41) is 0. The van der Waals surface area contributed by atoms with E-state index in [-0.39, 0.29) is 0 Å². The Kier molecular flexibility index (Phi) is 5.80. The summed E-state index contributed by atoms with van der Waals surface area (Å²) in [6.07, 6.45) is 0.903. The normalized spacial score (nSPS) is 10.5. The molecule has 0 fully saturated rings. The molecule has 2 N–H and O–H groups in total. The molecule has 1 aromatic carbocycles. The Bertz CT molecular complexity index is 331. The van der Waals surface area contributed by atoms with E-state index in [1.807, 2.05) is 0 Å². The number of ether oxygens (including phenoxy) is 1. The van der Waals surface area contributed by atoms with Crippen LogP contribution in [0.3, 0.4) is 0 Å². The molecule has 0 spiro atoms. The molecular formula is C12H19BrN2O. The van der Waals surface area contributed by atoms with Crippen LogP contribution in [0, 0.1) is 0 Å². The highest BCUT2D eigenvalue weighted by Gasteiger charge is 2.07. The summed E-state index contributed by atoms with van der Waals surface area (Å²) < 4.78 is 6.18. The molecule has 0 bridgehead atoms. The van der Waals surface area contributed by atoms with E-state index in [0.29, 0.717) is 6.54 Å². The zero-order chi connectivity index (χ0) is 12.0. The monoisotopic (exact) mass is 286 g/mol. The average molecular weight is 287 g/mol. The highest BCUT2D eigenvalue weighted by atomic mass is 79.9. The molecule has 16 heavy (non-hydrogen) atoms. The van der Waals surface area contributed by atoms with Crippen LogP contribution in [0.25, 0.3) is 0 Å². The number of benzene rings is 1. The van der Waals surface area contributed by atoms with Crippen LogP contribution in [0.2, 0.25) is 0 Å². The molecule has 0 aliphatic heterocycles. The topological polar surface area (TPSA) is 38.5 Å². The lowest BCUT2D eigenvalue weighted by atomic mass is 10.1. The second-order valence-electron chi connectivity index (χ2n) is 3.73. The Hall–Kier alpha value is -0.580. The molecule has 0 aliphatic rings. The molecule has 0 radical (unpaired) electrons. The fourth-order valence-electron chi connectivity index (χ4n) is 1.61. The molecule has 90 valence electrons. The number of hydrogen-bond acceptors (Lipinski definition) is 3. The van der Waals surface area contributed by atoms with E-state index in [9.17, 15) is 0 Å². The number of likely N-dealkylation sites (N-methyl/N-ethyl adjacent to an activating group) is 1. The van der Waals surface area contributed by atoms with Gasteiger partial charge in [-0.3, -0.25) is 0 Å². The summed E-state index contributed by atoms with van der Waals surface area (Å²) >= 11 is 3.49. The van der Waals surface area contributed by atoms with Crippen molar-refractivity contribution >= 4 is 21.6 Å². The second-order valence-corrected chi connectivity index (χ2v) is 4.64. The van der Waals surface area contributed by atoms with E-state index in [1.54, 1.807) is 7.11 Å². The van der Waals surface area contributed by atoms with Crippen molar-refractivity contribution in [2.45, 2.75) is 6.42 Å². The van der Waals surface area contributed by atoms with Gasteiger partial charge >= 0.3 is 0 Å². The van der Waals surface area contributed by atoms with Gasteiger partial charge in [0.1, 0.15) is 0 Å². The highest BCUT2D eigenvalue weighted by molar-refractivity contribution is 9.10. The Balaban J connectivity index is 2.85. The van der Waals surface area contributed by atoms with Crippen LogP contribution in [-0.2, 0) is 11.2 Å². The molecule has 0 aliphatic carbocycles. The first-order valence-corrected chi connectivity index (χ1v) is 6.17. The van der Waals surface area contributed by atoms with Gasteiger partial charge in [0.25, 0.3) is 0 Å². The predicted molar refractivity (Wildman–Crippen MR) is 72.0 cm³/mol. The number of halogens is 1. The zero-order valence-electron chi connectivity index (χ0n) is 9.87. The van der Waals surface area contributed by atoms with Crippen LogP contribution in [-0.4, -0.2) is 33.9 Å². The third kappa shape index (κ3) is 3.77. The number of hydrogen-bond donors (Lipinski definition) is 1. The highest BCUT2D eigenvalue weighted by Crippen LogP contribution is 2.24. The fraction of sp³-hybridized carbons (Fsp3) is 0.500. The van der Waals surface area contributed by atoms with E-state index in [4.69, 9.17) is 10.5 Å². The Morgan fingerprint density at radius 2 is 2.19 bits per heavy atom. The fourth-order valence-corrected chi connectivity index (χ4v) is 1.96. The van der Waals surface area contributed by atoms with Crippen molar-refractivity contribution < 1.29 is 4.74 Å². The van der Waals surface area contributed by atoms with Gasteiger partial charge in [-0.1, -0.05) is 22.0 Å². The Morgan fingerprint density at radius 1 is 1.44 bits per heavy atom. The largest absolute Gasteiger partial charge is 0.383 e. The molecule has 3 nitrogen and oxygen atoms in total. The number of nitrogens with zero attached hydrogens (tertiary/aromatic N) is 1. The zero-order valence-corrected chi connectivity index (χ0v) is 11.5. The molecule has 4 heteroatoms. The maximum absolute atomic E-state index is 5.61. The lowest BCUT2D eigenvalue weighted by molar-refractivity contribution is 0.206. The standard InChI is InChI=1S/C12H19BrN2O/c1-15(7-8-16-2)12-9-11(13)4-3-10(12)5-6-14/h3-4,9H,5-8,14H2,1-2H3. The predicted octanol–water partition coefficient (Wildman–Crippen LogP) is 2.03. The summed E-state index contributed by atoms with van der Waals surface area (Å²) in [7, 11) is 3.79. The first kappa shape index (κ1) is 13.5. The van der Waals surface area contributed by atoms with Crippen LogP contribution in [0.15, 0.2) is 22.7 Å². The van der Waals surface area contributed by atoms with Gasteiger partial charge in [0, 0.05) is 30.9 Å². The molecule has 0 aromatic heterocycles. The molecule has 0 heterocycles. The van der Waals surface area contributed by atoms with Crippen LogP contribution >= 0.6 is 15.9 Å². The molecule has 0 saturated carbocycles. The van der Waals surface area contributed by atoms with Crippen LogP contribution in [0.4, 0.5) is 5.69 Å². The summed E-state index contributed by atoms with van der Waals surface area (Å²) in [6.45, 7) is 2.28. The molecule has 0 saturated heterocycles. The maximum Gasteiger partial charge on any atom is 0.0637 e. The molecule has 0 atom stereocenters. The van der Waals surface area contributed by atoms with Gasteiger partial charge in [-0.2, -0.15) is 0 Å². The second kappa shape index (κ2) is 6.89. The number of methoxy groups -OCH3 is 1. The van der Waals surface area contributed by atoms with Crippen LogP contribution < -0.4 is 10.6 Å². The SMILES string of the molecule is COCCN(C)c1cc(Br)ccc1CCN. The molecule has 0 amide bonds. The minimum Gasteiger partial charge on any atom is -0.383 e.